The third-order valence-corrected chi connectivity index (χ3v) is 6.84. The van der Waals surface area contributed by atoms with Crippen molar-refractivity contribution in [2.75, 3.05) is 24.7 Å². The van der Waals surface area contributed by atoms with Gasteiger partial charge in [-0.15, -0.1) is 23.1 Å². The number of thioether (sulfide) groups is 1. The van der Waals surface area contributed by atoms with Gasteiger partial charge in [-0.2, -0.15) is 0 Å². The van der Waals surface area contributed by atoms with Gasteiger partial charge in [0.05, 0.1) is 12.3 Å². The van der Waals surface area contributed by atoms with E-state index in [0.29, 0.717) is 12.3 Å². The predicted octanol–water partition coefficient (Wildman–Crippen LogP) is 2.97. The number of benzene rings is 1. The summed E-state index contributed by atoms with van der Waals surface area (Å²) in [6.07, 6.45) is 2.56. The van der Waals surface area contributed by atoms with Crippen LogP contribution in [0.25, 0.3) is 10.1 Å². The van der Waals surface area contributed by atoms with Crippen molar-refractivity contribution in [3.8, 4) is 0 Å². The fourth-order valence-corrected chi connectivity index (χ4v) is 5.64. The zero-order valence-electron chi connectivity index (χ0n) is 13.4. The fraction of sp³-hybridized carbons (Fsp3) is 0.444. The van der Waals surface area contributed by atoms with Gasteiger partial charge < -0.3 is 9.80 Å². The molecule has 0 spiro atoms. The summed E-state index contributed by atoms with van der Waals surface area (Å²) in [6, 6.07) is 10.0. The minimum absolute atomic E-state index is 0.0732. The number of carbonyl (C=O) groups excluding carboxylic acids is 2. The Bertz CT molecular complexity index is 734. The highest BCUT2D eigenvalue weighted by molar-refractivity contribution is 7.99. The summed E-state index contributed by atoms with van der Waals surface area (Å²) in [4.78, 5) is 30.2. The zero-order chi connectivity index (χ0) is 16.5. The number of likely N-dealkylation sites (tertiary alicyclic amines) is 1. The van der Waals surface area contributed by atoms with Crippen LogP contribution in [-0.4, -0.2) is 52.4 Å². The minimum atomic E-state index is -0.269. The standard InChI is InChI=1S/C18H20N2O2S2/c21-17(10-14-9-13-5-1-2-6-16(13)24-14)20-12-23-11-15(20)18(22)19-7-3-4-8-19/h1-2,5-6,9,15H,3-4,7-8,10-12H2/t15-/m0/s1. The first-order valence-corrected chi connectivity index (χ1v) is 10.3. The van der Waals surface area contributed by atoms with Gasteiger partial charge in [-0.25, -0.2) is 0 Å². The Morgan fingerprint density at radius 3 is 2.75 bits per heavy atom. The second kappa shape index (κ2) is 6.76. The molecule has 24 heavy (non-hydrogen) atoms. The Kier molecular flexibility index (Phi) is 4.50. The molecule has 0 radical (unpaired) electrons. The molecule has 126 valence electrons. The second-order valence-corrected chi connectivity index (χ2v) is 8.51. The molecule has 6 heteroatoms. The highest BCUT2D eigenvalue weighted by Gasteiger charge is 2.37. The van der Waals surface area contributed by atoms with Crippen molar-refractivity contribution in [3.05, 3.63) is 35.2 Å². The van der Waals surface area contributed by atoms with Crippen molar-refractivity contribution in [2.24, 2.45) is 0 Å². The summed E-state index contributed by atoms with van der Waals surface area (Å²) >= 11 is 3.35. The summed E-state index contributed by atoms with van der Waals surface area (Å²) in [5, 5.41) is 1.19. The molecule has 0 unspecified atom stereocenters. The van der Waals surface area contributed by atoms with Crippen molar-refractivity contribution >= 4 is 45.0 Å². The van der Waals surface area contributed by atoms with E-state index in [1.54, 1.807) is 28.0 Å². The van der Waals surface area contributed by atoms with E-state index in [-0.39, 0.29) is 17.9 Å². The summed E-state index contributed by atoms with van der Waals surface area (Å²) < 4.78 is 1.21. The maximum atomic E-state index is 12.8. The van der Waals surface area contributed by atoms with Crippen molar-refractivity contribution < 1.29 is 9.59 Å². The molecule has 1 aromatic heterocycles. The number of carbonyl (C=O) groups is 2. The lowest BCUT2D eigenvalue weighted by Gasteiger charge is -2.27. The van der Waals surface area contributed by atoms with Crippen molar-refractivity contribution in [1.82, 2.24) is 9.80 Å². The molecule has 2 aliphatic rings. The molecular formula is C18H20N2O2S2. The molecule has 4 nitrogen and oxygen atoms in total. The van der Waals surface area contributed by atoms with Gasteiger partial charge in [-0.1, -0.05) is 18.2 Å². The Balaban J connectivity index is 1.47. The summed E-state index contributed by atoms with van der Waals surface area (Å²) in [5.41, 5.74) is 0. The van der Waals surface area contributed by atoms with Gasteiger partial charge in [0.25, 0.3) is 0 Å². The Hall–Kier alpha value is -1.53. The third-order valence-electron chi connectivity index (χ3n) is 4.71. The quantitative estimate of drug-likeness (QED) is 0.845. The summed E-state index contributed by atoms with van der Waals surface area (Å²) in [7, 11) is 0. The van der Waals surface area contributed by atoms with Gasteiger partial charge in [-0.3, -0.25) is 9.59 Å². The van der Waals surface area contributed by atoms with E-state index in [0.717, 1.165) is 36.6 Å². The molecule has 3 heterocycles. The Morgan fingerprint density at radius 1 is 1.17 bits per heavy atom. The third kappa shape index (κ3) is 3.05. The lowest BCUT2D eigenvalue weighted by molar-refractivity contribution is -0.142. The maximum Gasteiger partial charge on any atom is 0.246 e. The molecular weight excluding hydrogens is 340 g/mol. The van der Waals surface area contributed by atoms with E-state index in [4.69, 9.17) is 0 Å². The Morgan fingerprint density at radius 2 is 1.96 bits per heavy atom. The monoisotopic (exact) mass is 360 g/mol. The zero-order valence-corrected chi connectivity index (χ0v) is 15.1. The molecule has 0 bridgehead atoms. The van der Waals surface area contributed by atoms with Crippen LogP contribution in [-0.2, 0) is 16.0 Å². The van der Waals surface area contributed by atoms with Gasteiger partial charge >= 0.3 is 0 Å². The summed E-state index contributed by atoms with van der Waals surface area (Å²) in [6.45, 7) is 1.69. The Labute approximate surface area is 149 Å². The lowest BCUT2D eigenvalue weighted by atomic mass is 10.2. The average molecular weight is 361 g/mol. The van der Waals surface area contributed by atoms with Crippen LogP contribution in [0.3, 0.4) is 0 Å². The number of amides is 2. The maximum absolute atomic E-state index is 12.8. The van der Waals surface area contributed by atoms with E-state index in [1.165, 1.54) is 10.1 Å². The van der Waals surface area contributed by atoms with Crippen molar-refractivity contribution in [3.63, 3.8) is 0 Å². The molecule has 0 saturated carbocycles. The van der Waals surface area contributed by atoms with E-state index in [9.17, 15) is 9.59 Å². The molecule has 2 saturated heterocycles. The number of hydrogen-bond donors (Lipinski definition) is 0. The first-order chi connectivity index (χ1) is 11.7. The molecule has 0 aliphatic carbocycles. The number of rotatable bonds is 3. The van der Waals surface area contributed by atoms with Crippen LogP contribution in [0.2, 0.25) is 0 Å². The molecule has 1 aromatic carbocycles. The molecule has 2 aromatic rings. The summed E-state index contributed by atoms with van der Waals surface area (Å²) in [5.74, 6) is 1.58. The van der Waals surface area contributed by atoms with Gasteiger partial charge in [0, 0.05) is 28.4 Å². The number of thiophene rings is 1. The highest BCUT2D eigenvalue weighted by Crippen LogP contribution is 2.28. The largest absolute Gasteiger partial charge is 0.341 e. The number of nitrogens with zero attached hydrogens (tertiary/aromatic N) is 2. The molecule has 1 atom stereocenters. The van der Waals surface area contributed by atoms with Crippen LogP contribution in [0.15, 0.2) is 30.3 Å². The van der Waals surface area contributed by atoms with E-state index in [2.05, 4.69) is 18.2 Å². The fourth-order valence-electron chi connectivity index (χ4n) is 3.42. The van der Waals surface area contributed by atoms with E-state index < -0.39 is 0 Å². The highest BCUT2D eigenvalue weighted by atomic mass is 32.2. The van der Waals surface area contributed by atoms with Crippen molar-refractivity contribution in [1.29, 1.82) is 0 Å². The van der Waals surface area contributed by atoms with Gasteiger partial charge in [0.1, 0.15) is 6.04 Å². The van der Waals surface area contributed by atoms with Gasteiger partial charge in [0.2, 0.25) is 11.8 Å². The topological polar surface area (TPSA) is 40.6 Å². The van der Waals surface area contributed by atoms with Crippen LogP contribution in [0.4, 0.5) is 0 Å². The molecule has 2 amide bonds. The molecule has 0 N–H and O–H groups in total. The first kappa shape index (κ1) is 16.0. The van der Waals surface area contributed by atoms with Crippen LogP contribution < -0.4 is 0 Å². The van der Waals surface area contributed by atoms with E-state index in [1.807, 2.05) is 17.0 Å². The molecule has 4 rings (SSSR count). The van der Waals surface area contributed by atoms with Gasteiger partial charge in [-0.05, 0) is 30.4 Å². The van der Waals surface area contributed by atoms with Gasteiger partial charge in [0.15, 0.2) is 0 Å². The minimum Gasteiger partial charge on any atom is -0.341 e. The van der Waals surface area contributed by atoms with Crippen LogP contribution in [0.1, 0.15) is 17.7 Å². The normalized spacial score (nSPS) is 20.9. The first-order valence-electron chi connectivity index (χ1n) is 8.36. The van der Waals surface area contributed by atoms with Crippen LogP contribution >= 0.6 is 23.1 Å². The number of fused-ring (bicyclic) bond motifs is 1. The smallest absolute Gasteiger partial charge is 0.246 e. The number of hydrogen-bond acceptors (Lipinski definition) is 4. The molecule has 2 fully saturated rings. The molecule has 2 aliphatic heterocycles. The van der Waals surface area contributed by atoms with E-state index >= 15 is 0 Å². The average Bonchev–Trinajstić information content (AvgIpc) is 3.32. The van der Waals surface area contributed by atoms with Crippen LogP contribution in [0.5, 0.6) is 0 Å². The van der Waals surface area contributed by atoms with Crippen LogP contribution in [0, 0.1) is 0 Å². The second-order valence-electron chi connectivity index (χ2n) is 6.34. The SMILES string of the molecule is O=C([C@@H]1CSCN1C(=O)Cc1cc2ccccc2s1)N1CCCC1. The predicted molar refractivity (Wildman–Crippen MR) is 99.3 cm³/mol. The van der Waals surface area contributed by atoms with Crippen molar-refractivity contribution in [2.45, 2.75) is 25.3 Å². The lowest BCUT2D eigenvalue weighted by Crippen LogP contribution is -2.48.